The largest absolute Gasteiger partial charge is 0.289 e. The van der Waals surface area contributed by atoms with Crippen LogP contribution >= 0.6 is 39.9 Å². The molecule has 1 nitrogen and oxygen atoms in total. The molecular formula is C6H10Cl3OP. The highest BCUT2D eigenvalue weighted by atomic mass is 35.9. The normalized spacial score (nSPS) is 33.7. The van der Waals surface area contributed by atoms with Gasteiger partial charge in [-0.3, -0.25) is 4.57 Å². The highest BCUT2D eigenvalue weighted by Crippen LogP contribution is 2.64. The van der Waals surface area contributed by atoms with Gasteiger partial charge in [-0.2, -0.15) is 0 Å². The molecule has 0 aromatic carbocycles. The van der Waals surface area contributed by atoms with E-state index in [1.807, 2.05) is 0 Å². The van der Waals surface area contributed by atoms with Crippen molar-refractivity contribution >= 4 is 39.9 Å². The molecule has 0 amide bonds. The third-order valence-corrected chi connectivity index (χ3v) is 5.63. The van der Waals surface area contributed by atoms with Crippen LogP contribution in [0.2, 0.25) is 0 Å². The highest BCUT2D eigenvalue weighted by molar-refractivity contribution is 8.09. The van der Waals surface area contributed by atoms with Gasteiger partial charge in [0, 0.05) is 5.38 Å². The standard InChI is InChI=1S/C6H10Cl3OP/c7-5-3-1-2-4-6(5)11(8,9)10/h5-6H,1-4H2. The van der Waals surface area contributed by atoms with Gasteiger partial charge >= 0.3 is 0 Å². The molecule has 0 aromatic rings. The molecule has 2 atom stereocenters. The topological polar surface area (TPSA) is 17.1 Å². The molecule has 66 valence electrons. The van der Waals surface area contributed by atoms with Crippen molar-refractivity contribution in [2.75, 3.05) is 0 Å². The Morgan fingerprint density at radius 3 is 2.09 bits per heavy atom. The van der Waals surface area contributed by atoms with Gasteiger partial charge in [-0.1, -0.05) is 12.8 Å². The van der Waals surface area contributed by atoms with Crippen LogP contribution in [0.15, 0.2) is 0 Å². The average molecular weight is 235 g/mol. The lowest BCUT2D eigenvalue weighted by atomic mass is 10.00. The van der Waals surface area contributed by atoms with Crippen LogP contribution in [0, 0.1) is 0 Å². The minimum atomic E-state index is -2.98. The molecule has 5 heteroatoms. The lowest BCUT2D eigenvalue weighted by Crippen LogP contribution is -2.22. The fraction of sp³-hybridized carbons (Fsp3) is 1.00. The zero-order valence-corrected chi connectivity index (χ0v) is 9.13. The van der Waals surface area contributed by atoms with E-state index in [1.54, 1.807) is 0 Å². The summed E-state index contributed by atoms with van der Waals surface area (Å²) in [5.74, 6) is -2.98. The van der Waals surface area contributed by atoms with Crippen molar-refractivity contribution in [3.63, 3.8) is 0 Å². The first-order chi connectivity index (χ1) is 5.02. The third-order valence-electron chi connectivity index (χ3n) is 2.03. The van der Waals surface area contributed by atoms with Gasteiger partial charge < -0.3 is 0 Å². The molecule has 1 aliphatic rings. The van der Waals surface area contributed by atoms with Crippen molar-refractivity contribution < 1.29 is 4.57 Å². The van der Waals surface area contributed by atoms with Gasteiger partial charge in [0.2, 0.25) is 0 Å². The van der Waals surface area contributed by atoms with Crippen LogP contribution in [0.5, 0.6) is 0 Å². The molecule has 1 aliphatic carbocycles. The van der Waals surface area contributed by atoms with Gasteiger partial charge in [0.05, 0.1) is 5.66 Å². The van der Waals surface area contributed by atoms with E-state index < -0.39 is 5.85 Å². The minimum Gasteiger partial charge on any atom is -0.289 e. The summed E-state index contributed by atoms with van der Waals surface area (Å²) in [6.45, 7) is 0. The second-order valence-electron chi connectivity index (χ2n) is 2.87. The van der Waals surface area contributed by atoms with Gasteiger partial charge in [0.25, 0.3) is 5.85 Å². The number of rotatable bonds is 1. The lowest BCUT2D eigenvalue weighted by Gasteiger charge is -2.26. The van der Waals surface area contributed by atoms with E-state index in [4.69, 9.17) is 34.1 Å². The number of alkyl halides is 1. The maximum absolute atomic E-state index is 11.2. The van der Waals surface area contributed by atoms with Crippen LogP contribution in [0.4, 0.5) is 0 Å². The van der Waals surface area contributed by atoms with Crippen molar-refractivity contribution in [3.05, 3.63) is 0 Å². The van der Waals surface area contributed by atoms with Crippen LogP contribution in [0.3, 0.4) is 0 Å². The minimum absolute atomic E-state index is 0.0930. The van der Waals surface area contributed by atoms with Crippen molar-refractivity contribution in [1.82, 2.24) is 0 Å². The Labute approximate surface area is 81.3 Å². The van der Waals surface area contributed by atoms with E-state index in [2.05, 4.69) is 0 Å². The summed E-state index contributed by atoms with van der Waals surface area (Å²) in [4.78, 5) is 0. The van der Waals surface area contributed by atoms with Crippen molar-refractivity contribution in [3.8, 4) is 0 Å². The van der Waals surface area contributed by atoms with E-state index in [1.165, 1.54) is 0 Å². The smallest absolute Gasteiger partial charge is 0.257 e. The number of halogens is 3. The third kappa shape index (κ3) is 2.81. The van der Waals surface area contributed by atoms with E-state index in [9.17, 15) is 4.57 Å². The van der Waals surface area contributed by atoms with Crippen LogP contribution < -0.4 is 0 Å². The predicted octanol–water partition coefficient (Wildman–Crippen LogP) is 4.21. The zero-order chi connectivity index (χ0) is 8.48. The molecule has 2 unspecified atom stereocenters. The Morgan fingerprint density at radius 1 is 1.18 bits per heavy atom. The summed E-state index contributed by atoms with van der Waals surface area (Å²) in [7, 11) is 0. The SMILES string of the molecule is O=P(Cl)(Cl)C1CCCCC1Cl. The molecular weight excluding hydrogens is 225 g/mol. The molecule has 0 radical (unpaired) electrons. The van der Waals surface area contributed by atoms with Gasteiger partial charge in [0.15, 0.2) is 0 Å². The molecule has 0 spiro atoms. The second-order valence-corrected chi connectivity index (χ2v) is 8.63. The molecule has 0 aromatic heterocycles. The van der Waals surface area contributed by atoms with Gasteiger partial charge in [-0.05, 0) is 35.3 Å². The Hall–Kier alpha value is 1.10. The van der Waals surface area contributed by atoms with Crippen LogP contribution in [0.25, 0.3) is 0 Å². The van der Waals surface area contributed by atoms with Crippen LogP contribution in [-0.4, -0.2) is 11.0 Å². The Kier molecular flexibility index (Phi) is 3.58. The van der Waals surface area contributed by atoms with Crippen molar-refractivity contribution in [1.29, 1.82) is 0 Å². The van der Waals surface area contributed by atoms with Gasteiger partial charge in [-0.25, -0.2) is 0 Å². The fourth-order valence-corrected chi connectivity index (χ4v) is 4.92. The average Bonchev–Trinajstić information content (AvgIpc) is 1.86. The summed E-state index contributed by atoms with van der Waals surface area (Å²) >= 11 is 17.0. The lowest BCUT2D eigenvalue weighted by molar-refractivity contribution is 0.499. The summed E-state index contributed by atoms with van der Waals surface area (Å²) in [5, 5.41) is -0.0930. The van der Waals surface area contributed by atoms with E-state index in [0.717, 1.165) is 25.7 Å². The fourth-order valence-electron chi connectivity index (χ4n) is 1.40. The summed E-state index contributed by atoms with van der Waals surface area (Å²) in [5.41, 5.74) is -0.179. The van der Waals surface area contributed by atoms with Crippen molar-refractivity contribution in [2.45, 2.75) is 36.7 Å². The van der Waals surface area contributed by atoms with Crippen LogP contribution in [0.1, 0.15) is 25.7 Å². The molecule has 0 saturated heterocycles. The summed E-state index contributed by atoms with van der Waals surface area (Å²) in [6.07, 6.45) is 3.82. The van der Waals surface area contributed by atoms with E-state index in [-0.39, 0.29) is 11.0 Å². The maximum Gasteiger partial charge on any atom is 0.257 e. The number of hydrogen-bond donors (Lipinski definition) is 0. The second kappa shape index (κ2) is 3.87. The first-order valence-electron chi connectivity index (χ1n) is 3.65. The highest BCUT2D eigenvalue weighted by Gasteiger charge is 2.36. The molecule has 1 saturated carbocycles. The Balaban J connectivity index is 2.62. The molecule has 0 N–H and O–H groups in total. The summed E-state index contributed by atoms with van der Waals surface area (Å²) < 4.78 is 11.2. The Morgan fingerprint density at radius 2 is 1.73 bits per heavy atom. The number of hydrogen-bond acceptors (Lipinski definition) is 1. The molecule has 0 aliphatic heterocycles. The Bertz CT molecular complexity index is 179. The summed E-state index contributed by atoms with van der Waals surface area (Å²) in [6, 6.07) is 0. The zero-order valence-electron chi connectivity index (χ0n) is 5.97. The first-order valence-corrected chi connectivity index (χ1v) is 7.67. The maximum atomic E-state index is 11.2. The van der Waals surface area contributed by atoms with Gasteiger partial charge in [-0.15, -0.1) is 11.6 Å². The van der Waals surface area contributed by atoms with E-state index >= 15 is 0 Å². The van der Waals surface area contributed by atoms with Crippen molar-refractivity contribution in [2.24, 2.45) is 0 Å². The quantitative estimate of drug-likeness (QED) is 0.491. The predicted molar refractivity (Wildman–Crippen MR) is 51.2 cm³/mol. The molecule has 11 heavy (non-hydrogen) atoms. The molecule has 1 fully saturated rings. The van der Waals surface area contributed by atoms with Crippen LogP contribution in [-0.2, 0) is 4.57 Å². The monoisotopic (exact) mass is 234 g/mol. The first kappa shape index (κ1) is 10.2. The van der Waals surface area contributed by atoms with Gasteiger partial charge in [0.1, 0.15) is 0 Å². The molecule has 0 bridgehead atoms. The molecule has 1 rings (SSSR count). The molecule has 0 heterocycles. The van der Waals surface area contributed by atoms with E-state index in [0.29, 0.717) is 0 Å².